The molecule has 0 aromatic heterocycles. The Morgan fingerprint density at radius 3 is 2.18 bits per heavy atom. The van der Waals surface area contributed by atoms with Crippen molar-refractivity contribution in [1.29, 1.82) is 0 Å². The molecule has 1 atom stereocenters. The maximum Gasteiger partial charge on any atom is 0.139 e. The highest BCUT2D eigenvalue weighted by atomic mass is 16.1. The zero-order valence-corrected chi connectivity index (χ0v) is 15.5. The Morgan fingerprint density at radius 2 is 1.64 bits per heavy atom. The van der Waals surface area contributed by atoms with Gasteiger partial charge in [-0.05, 0) is 65.7 Å². The van der Waals surface area contributed by atoms with E-state index in [1.165, 1.54) is 16.7 Å². The summed E-state index contributed by atoms with van der Waals surface area (Å²) < 4.78 is 0. The van der Waals surface area contributed by atoms with Crippen molar-refractivity contribution in [2.24, 2.45) is 11.3 Å². The molecule has 1 nitrogen and oxygen atoms in total. The minimum atomic E-state index is -0.155. The average molecular weight is 303 g/mol. The molecule has 124 valence electrons. The van der Waals surface area contributed by atoms with E-state index in [0.717, 1.165) is 38.5 Å². The van der Waals surface area contributed by atoms with Crippen molar-refractivity contribution in [1.82, 2.24) is 0 Å². The van der Waals surface area contributed by atoms with Gasteiger partial charge in [0, 0.05) is 11.8 Å². The second-order valence-corrected chi connectivity index (χ2v) is 7.71. The first kappa shape index (κ1) is 18.9. The lowest BCUT2D eigenvalue weighted by molar-refractivity contribution is -0.124. The van der Waals surface area contributed by atoms with Crippen LogP contribution in [-0.4, -0.2) is 5.78 Å². The lowest BCUT2D eigenvalue weighted by atomic mass is 9.80. The van der Waals surface area contributed by atoms with E-state index in [9.17, 15) is 4.79 Å². The summed E-state index contributed by atoms with van der Waals surface area (Å²) >= 11 is 0. The summed E-state index contributed by atoms with van der Waals surface area (Å²) in [6, 6.07) is 0. The van der Waals surface area contributed by atoms with E-state index in [-0.39, 0.29) is 5.41 Å². The molecular formula is C21H34O. The number of hydrogen-bond donors (Lipinski definition) is 0. The van der Waals surface area contributed by atoms with Crippen LogP contribution in [0.2, 0.25) is 0 Å². The maximum absolute atomic E-state index is 11.9. The minimum absolute atomic E-state index is 0.155. The Hall–Kier alpha value is -1.11. The third-order valence-corrected chi connectivity index (χ3v) is 4.94. The smallest absolute Gasteiger partial charge is 0.139 e. The van der Waals surface area contributed by atoms with Crippen molar-refractivity contribution < 1.29 is 4.79 Å². The van der Waals surface area contributed by atoms with Gasteiger partial charge in [0.2, 0.25) is 0 Å². The van der Waals surface area contributed by atoms with Gasteiger partial charge in [-0.2, -0.15) is 0 Å². The topological polar surface area (TPSA) is 17.1 Å². The molecule has 1 heteroatoms. The average Bonchev–Trinajstić information content (AvgIpc) is 2.65. The molecule has 0 radical (unpaired) electrons. The van der Waals surface area contributed by atoms with E-state index in [2.05, 4.69) is 59.8 Å². The van der Waals surface area contributed by atoms with Crippen molar-refractivity contribution in [3.63, 3.8) is 0 Å². The number of rotatable bonds is 7. The number of ketones is 1. The third kappa shape index (κ3) is 5.94. The SMILES string of the molecule is CC(C)=CCC/C(C)=C\CC/C(C)=C\[C@@H]1CCC(=O)C1(C)C. The van der Waals surface area contributed by atoms with Gasteiger partial charge in [-0.1, -0.05) is 48.8 Å². The van der Waals surface area contributed by atoms with Gasteiger partial charge in [0.25, 0.3) is 0 Å². The molecule has 0 aromatic carbocycles. The highest BCUT2D eigenvalue weighted by Crippen LogP contribution is 2.41. The highest BCUT2D eigenvalue weighted by molar-refractivity contribution is 5.86. The summed E-state index contributed by atoms with van der Waals surface area (Å²) in [4.78, 5) is 11.9. The molecule has 0 bridgehead atoms. The Labute approximate surface area is 137 Å². The summed E-state index contributed by atoms with van der Waals surface area (Å²) in [6.07, 6.45) is 13.4. The second-order valence-electron chi connectivity index (χ2n) is 7.71. The van der Waals surface area contributed by atoms with E-state index in [1.54, 1.807) is 0 Å². The zero-order chi connectivity index (χ0) is 16.8. The van der Waals surface area contributed by atoms with Gasteiger partial charge in [0.05, 0.1) is 0 Å². The molecule has 0 heterocycles. The van der Waals surface area contributed by atoms with E-state index < -0.39 is 0 Å². The van der Waals surface area contributed by atoms with Crippen LogP contribution in [0.5, 0.6) is 0 Å². The van der Waals surface area contributed by atoms with Crippen LogP contribution in [0.1, 0.15) is 80.1 Å². The van der Waals surface area contributed by atoms with Crippen molar-refractivity contribution in [2.75, 3.05) is 0 Å². The molecular weight excluding hydrogens is 268 g/mol. The molecule has 0 unspecified atom stereocenters. The number of Topliss-reactive ketones (excluding diaryl/α,β-unsaturated/α-hetero) is 1. The van der Waals surface area contributed by atoms with Crippen LogP contribution in [0.3, 0.4) is 0 Å². The first-order chi connectivity index (χ1) is 10.2. The monoisotopic (exact) mass is 302 g/mol. The molecule has 0 aliphatic heterocycles. The first-order valence-electron chi connectivity index (χ1n) is 8.73. The molecule has 0 aromatic rings. The number of hydrogen-bond acceptors (Lipinski definition) is 1. The van der Waals surface area contributed by atoms with Gasteiger partial charge in [0.1, 0.15) is 5.78 Å². The Balaban J connectivity index is 2.42. The van der Waals surface area contributed by atoms with Gasteiger partial charge < -0.3 is 0 Å². The summed E-state index contributed by atoms with van der Waals surface area (Å²) in [5.74, 6) is 0.860. The zero-order valence-electron chi connectivity index (χ0n) is 15.5. The molecule has 0 saturated heterocycles. The summed E-state index contributed by atoms with van der Waals surface area (Å²) in [7, 11) is 0. The number of carbonyl (C=O) groups excluding carboxylic acids is 1. The molecule has 0 amide bonds. The quantitative estimate of drug-likeness (QED) is 0.496. The third-order valence-electron chi connectivity index (χ3n) is 4.94. The van der Waals surface area contributed by atoms with Crippen molar-refractivity contribution in [3.05, 3.63) is 34.9 Å². The van der Waals surface area contributed by atoms with Crippen LogP contribution < -0.4 is 0 Å². The lowest BCUT2D eigenvalue weighted by Gasteiger charge is -2.23. The van der Waals surface area contributed by atoms with Gasteiger partial charge in [-0.15, -0.1) is 0 Å². The van der Waals surface area contributed by atoms with Gasteiger partial charge in [-0.25, -0.2) is 0 Å². The van der Waals surface area contributed by atoms with Crippen LogP contribution in [0.25, 0.3) is 0 Å². The molecule has 1 aliphatic rings. The second kappa shape index (κ2) is 8.50. The molecule has 1 saturated carbocycles. The van der Waals surface area contributed by atoms with Crippen LogP contribution in [0.15, 0.2) is 34.9 Å². The molecule has 0 N–H and O–H groups in total. The predicted octanol–water partition coefficient (Wildman–Crippen LogP) is 6.41. The van der Waals surface area contributed by atoms with Crippen molar-refractivity contribution in [3.8, 4) is 0 Å². The van der Waals surface area contributed by atoms with E-state index in [0.29, 0.717) is 11.7 Å². The maximum atomic E-state index is 11.9. The molecule has 0 spiro atoms. The minimum Gasteiger partial charge on any atom is -0.299 e. The fourth-order valence-electron chi connectivity index (χ4n) is 3.13. The number of carbonyl (C=O) groups is 1. The van der Waals surface area contributed by atoms with Crippen LogP contribution in [-0.2, 0) is 4.79 Å². The Kier molecular flexibility index (Phi) is 7.32. The normalized spacial score (nSPS) is 22.1. The van der Waals surface area contributed by atoms with E-state index >= 15 is 0 Å². The van der Waals surface area contributed by atoms with Gasteiger partial charge in [-0.3, -0.25) is 4.79 Å². The fourth-order valence-corrected chi connectivity index (χ4v) is 3.13. The first-order valence-corrected chi connectivity index (χ1v) is 8.73. The number of allylic oxidation sites excluding steroid dienone is 6. The summed E-state index contributed by atoms with van der Waals surface area (Å²) in [5, 5.41) is 0. The molecule has 1 rings (SSSR count). The molecule has 1 fully saturated rings. The molecule has 22 heavy (non-hydrogen) atoms. The van der Waals surface area contributed by atoms with Crippen molar-refractivity contribution >= 4 is 5.78 Å². The van der Waals surface area contributed by atoms with E-state index in [1.807, 2.05) is 0 Å². The molecule has 1 aliphatic carbocycles. The largest absolute Gasteiger partial charge is 0.299 e. The Morgan fingerprint density at radius 1 is 1.05 bits per heavy atom. The van der Waals surface area contributed by atoms with E-state index in [4.69, 9.17) is 0 Å². The van der Waals surface area contributed by atoms with Crippen LogP contribution in [0.4, 0.5) is 0 Å². The highest BCUT2D eigenvalue weighted by Gasteiger charge is 2.40. The Bertz CT molecular complexity index is 470. The summed E-state index contributed by atoms with van der Waals surface area (Å²) in [6.45, 7) is 13.0. The van der Waals surface area contributed by atoms with Gasteiger partial charge >= 0.3 is 0 Å². The predicted molar refractivity (Wildman–Crippen MR) is 96.9 cm³/mol. The van der Waals surface area contributed by atoms with Crippen LogP contribution >= 0.6 is 0 Å². The summed E-state index contributed by atoms with van der Waals surface area (Å²) in [5.41, 5.74) is 4.17. The standard InChI is InChI=1S/C21H34O/c1-16(2)9-7-10-17(3)11-8-12-18(4)15-19-13-14-20(22)21(19,5)6/h9,11,15,19H,7-8,10,12-14H2,1-6H3/b17-11-,18-15-/t19-/m0/s1. The van der Waals surface area contributed by atoms with Gasteiger partial charge in [0.15, 0.2) is 0 Å². The van der Waals surface area contributed by atoms with Crippen molar-refractivity contribution in [2.45, 2.75) is 80.1 Å². The van der Waals surface area contributed by atoms with Crippen LogP contribution in [0, 0.1) is 11.3 Å². The fraction of sp³-hybridized carbons (Fsp3) is 0.667. The lowest BCUT2D eigenvalue weighted by Crippen LogP contribution is -2.23.